The van der Waals surface area contributed by atoms with Crippen molar-refractivity contribution in [2.24, 2.45) is 0 Å². The Kier molecular flexibility index (Phi) is 4.10. The SMILES string of the molecule is OCCn1cc(CNCc2cccs2)cn1. The highest BCUT2D eigenvalue weighted by Crippen LogP contribution is 2.07. The summed E-state index contributed by atoms with van der Waals surface area (Å²) in [6, 6.07) is 4.17. The molecule has 0 aliphatic rings. The molecule has 0 unspecified atom stereocenters. The zero-order valence-corrected chi connectivity index (χ0v) is 9.78. The molecule has 86 valence electrons. The molecule has 2 aromatic rings. The third-order valence-corrected chi connectivity index (χ3v) is 3.10. The highest BCUT2D eigenvalue weighted by Gasteiger charge is 1.98. The van der Waals surface area contributed by atoms with Gasteiger partial charge in [-0.15, -0.1) is 11.3 Å². The van der Waals surface area contributed by atoms with Gasteiger partial charge in [-0.3, -0.25) is 4.68 Å². The average molecular weight is 237 g/mol. The van der Waals surface area contributed by atoms with Gasteiger partial charge in [-0.05, 0) is 11.4 Å². The van der Waals surface area contributed by atoms with Crippen molar-refractivity contribution < 1.29 is 5.11 Å². The number of hydrogen-bond donors (Lipinski definition) is 2. The van der Waals surface area contributed by atoms with Gasteiger partial charge in [0, 0.05) is 29.7 Å². The van der Waals surface area contributed by atoms with Crippen LogP contribution >= 0.6 is 11.3 Å². The molecule has 2 aromatic heterocycles. The highest BCUT2D eigenvalue weighted by atomic mass is 32.1. The standard InChI is InChI=1S/C11H15N3OS/c15-4-3-14-9-10(7-13-14)6-12-8-11-2-1-5-16-11/h1-2,5,7,9,12,15H,3-4,6,8H2. The minimum Gasteiger partial charge on any atom is -0.394 e. The lowest BCUT2D eigenvalue weighted by molar-refractivity contribution is 0.269. The largest absolute Gasteiger partial charge is 0.394 e. The third-order valence-electron chi connectivity index (χ3n) is 2.22. The number of hydrogen-bond acceptors (Lipinski definition) is 4. The van der Waals surface area contributed by atoms with Crippen LogP contribution < -0.4 is 5.32 Å². The molecule has 0 radical (unpaired) electrons. The van der Waals surface area contributed by atoms with Crippen LogP contribution in [0.1, 0.15) is 10.4 Å². The van der Waals surface area contributed by atoms with E-state index in [0.29, 0.717) is 6.54 Å². The Morgan fingerprint density at radius 3 is 3.12 bits per heavy atom. The number of nitrogens with zero attached hydrogens (tertiary/aromatic N) is 2. The fraction of sp³-hybridized carbons (Fsp3) is 0.364. The van der Waals surface area contributed by atoms with Crippen molar-refractivity contribution in [3.05, 3.63) is 40.3 Å². The van der Waals surface area contributed by atoms with Crippen LogP contribution in [0.4, 0.5) is 0 Å². The second-order valence-corrected chi connectivity index (χ2v) is 4.55. The van der Waals surface area contributed by atoms with E-state index in [1.807, 2.05) is 12.4 Å². The Bertz CT molecular complexity index is 411. The molecule has 0 saturated carbocycles. The first-order valence-electron chi connectivity index (χ1n) is 5.24. The van der Waals surface area contributed by atoms with E-state index >= 15 is 0 Å². The minimum atomic E-state index is 0.129. The number of rotatable bonds is 6. The van der Waals surface area contributed by atoms with Crippen LogP contribution in [0.25, 0.3) is 0 Å². The van der Waals surface area contributed by atoms with E-state index in [0.717, 1.165) is 18.7 Å². The molecule has 0 aliphatic heterocycles. The molecule has 0 fully saturated rings. The maximum atomic E-state index is 8.75. The smallest absolute Gasteiger partial charge is 0.0640 e. The zero-order chi connectivity index (χ0) is 11.2. The van der Waals surface area contributed by atoms with Crippen LogP contribution in [0.3, 0.4) is 0 Å². The molecular weight excluding hydrogens is 222 g/mol. The molecule has 0 amide bonds. The minimum absolute atomic E-state index is 0.129. The quantitative estimate of drug-likeness (QED) is 0.794. The first-order chi connectivity index (χ1) is 7.88. The van der Waals surface area contributed by atoms with Crippen molar-refractivity contribution in [1.82, 2.24) is 15.1 Å². The summed E-state index contributed by atoms with van der Waals surface area (Å²) < 4.78 is 1.75. The van der Waals surface area contributed by atoms with Gasteiger partial charge in [-0.2, -0.15) is 5.10 Å². The summed E-state index contributed by atoms with van der Waals surface area (Å²) in [6.45, 7) is 2.39. The summed E-state index contributed by atoms with van der Waals surface area (Å²) in [4.78, 5) is 1.34. The van der Waals surface area contributed by atoms with Gasteiger partial charge in [-0.25, -0.2) is 0 Å². The van der Waals surface area contributed by atoms with E-state index in [-0.39, 0.29) is 6.61 Å². The van der Waals surface area contributed by atoms with Gasteiger partial charge in [0.15, 0.2) is 0 Å². The lowest BCUT2D eigenvalue weighted by Gasteiger charge is -2.00. The molecule has 4 nitrogen and oxygen atoms in total. The molecule has 0 bridgehead atoms. The number of nitrogens with one attached hydrogen (secondary N) is 1. The van der Waals surface area contributed by atoms with Gasteiger partial charge in [0.1, 0.15) is 0 Å². The summed E-state index contributed by atoms with van der Waals surface area (Å²) in [6.07, 6.45) is 3.79. The van der Waals surface area contributed by atoms with E-state index in [4.69, 9.17) is 5.11 Å². The Morgan fingerprint density at radius 2 is 2.38 bits per heavy atom. The number of aromatic nitrogens is 2. The van der Waals surface area contributed by atoms with E-state index in [1.165, 1.54) is 4.88 Å². The number of aliphatic hydroxyl groups excluding tert-OH is 1. The van der Waals surface area contributed by atoms with Crippen LogP contribution in [-0.4, -0.2) is 21.5 Å². The maximum absolute atomic E-state index is 8.75. The first-order valence-corrected chi connectivity index (χ1v) is 6.12. The van der Waals surface area contributed by atoms with E-state index in [9.17, 15) is 0 Å². The van der Waals surface area contributed by atoms with Crippen molar-refractivity contribution in [3.63, 3.8) is 0 Å². The van der Waals surface area contributed by atoms with Crippen molar-refractivity contribution in [3.8, 4) is 0 Å². The lowest BCUT2D eigenvalue weighted by Crippen LogP contribution is -2.11. The summed E-state index contributed by atoms with van der Waals surface area (Å²) in [5.41, 5.74) is 1.14. The van der Waals surface area contributed by atoms with Crippen LogP contribution in [0.5, 0.6) is 0 Å². The van der Waals surface area contributed by atoms with Gasteiger partial charge in [0.05, 0.1) is 19.3 Å². The second kappa shape index (κ2) is 5.79. The maximum Gasteiger partial charge on any atom is 0.0640 e. The third kappa shape index (κ3) is 3.16. The van der Waals surface area contributed by atoms with Gasteiger partial charge in [0.2, 0.25) is 0 Å². The van der Waals surface area contributed by atoms with Crippen LogP contribution in [0.2, 0.25) is 0 Å². The Balaban J connectivity index is 1.76. The summed E-state index contributed by atoms with van der Waals surface area (Å²) in [5.74, 6) is 0. The van der Waals surface area contributed by atoms with Crippen molar-refractivity contribution in [1.29, 1.82) is 0 Å². The van der Waals surface area contributed by atoms with Gasteiger partial charge in [-0.1, -0.05) is 6.07 Å². The van der Waals surface area contributed by atoms with Crippen molar-refractivity contribution >= 4 is 11.3 Å². The summed E-state index contributed by atoms with van der Waals surface area (Å²) >= 11 is 1.76. The van der Waals surface area contributed by atoms with E-state index in [1.54, 1.807) is 16.0 Å². The molecule has 0 spiro atoms. The zero-order valence-electron chi connectivity index (χ0n) is 8.97. The van der Waals surface area contributed by atoms with E-state index < -0.39 is 0 Å². The molecule has 0 aromatic carbocycles. The van der Waals surface area contributed by atoms with Crippen LogP contribution in [-0.2, 0) is 19.6 Å². The first kappa shape index (κ1) is 11.3. The lowest BCUT2D eigenvalue weighted by atomic mass is 10.3. The Hall–Kier alpha value is -1.17. The molecule has 2 heterocycles. The number of aliphatic hydroxyl groups is 1. The molecule has 5 heteroatoms. The molecule has 0 atom stereocenters. The predicted octanol–water partition coefficient (Wildman–Crippen LogP) is 1.23. The van der Waals surface area contributed by atoms with Gasteiger partial charge < -0.3 is 10.4 Å². The van der Waals surface area contributed by atoms with Crippen LogP contribution in [0, 0.1) is 0 Å². The average Bonchev–Trinajstić information content (AvgIpc) is 2.90. The molecule has 2 rings (SSSR count). The van der Waals surface area contributed by atoms with Gasteiger partial charge in [0.25, 0.3) is 0 Å². The topological polar surface area (TPSA) is 50.1 Å². The summed E-state index contributed by atoms with van der Waals surface area (Å²) in [7, 11) is 0. The molecule has 0 aliphatic carbocycles. The molecule has 2 N–H and O–H groups in total. The Morgan fingerprint density at radius 1 is 1.44 bits per heavy atom. The monoisotopic (exact) mass is 237 g/mol. The molecule has 16 heavy (non-hydrogen) atoms. The molecule has 0 saturated heterocycles. The van der Waals surface area contributed by atoms with Crippen molar-refractivity contribution in [2.45, 2.75) is 19.6 Å². The van der Waals surface area contributed by atoms with Gasteiger partial charge >= 0.3 is 0 Å². The Labute approximate surface area is 98.5 Å². The van der Waals surface area contributed by atoms with Crippen LogP contribution in [0.15, 0.2) is 29.9 Å². The fourth-order valence-electron chi connectivity index (χ4n) is 1.47. The number of thiophene rings is 1. The fourth-order valence-corrected chi connectivity index (χ4v) is 2.14. The predicted molar refractivity (Wildman–Crippen MR) is 64.2 cm³/mol. The second-order valence-electron chi connectivity index (χ2n) is 3.52. The normalized spacial score (nSPS) is 10.8. The van der Waals surface area contributed by atoms with Crippen molar-refractivity contribution in [2.75, 3.05) is 6.61 Å². The highest BCUT2D eigenvalue weighted by molar-refractivity contribution is 7.09. The molecular formula is C11H15N3OS. The summed E-state index contributed by atoms with van der Waals surface area (Å²) in [5, 5.41) is 18.3. The van der Waals surface area contributed by atoms with E-state index in [2.05, 4.69) is 27.9 Å².